The van der Waals surface area contributed by atoms with Gasteiger partial charge in [0.25, 0.3) is 5.56 Å². The van der Waals surface area contributed by atoms with Gasteiger partial charge in [-0.05, 0) is 55.1 Å². The Labute approximate surface area is 208 Å². The number of anilines is 2. The van der Waals surface area contributed by atoms with Crippen LogP contribution in [0.25, 0.3) is 21.7 Å². The van der Waals surface area contributed by atoms with E-state index in [-0.39, 0.29) is 11.6 Å². The minimum Gasteiger partial charge on any atom is -0.495 e. The highest BCUT2D eigenvalue weighted by molar-refractivity contribution is 6.08. The standard InChI is InChI=1S/C29H26N4O3/c1-18-15-16-26(36-3)25(17-18)33(19(2)27-30-24-13-7-6-12-22(24)28(34)32-27)29(35)31-23-14-8-10-20-9-4-5-11-21(20)23/h4-17,19H,1-3H3,(H,31,35)(H,30,32,34). The number of H-pyrrole nitrogens is 1. The van der Waals surface area contributed by atoms with Gasteiger partial charge in [0.15, 0.2) is 0 Å². The number of aromatic nitrogens is 2. The highest BCUT2D eigenvalue weighted by Gasteiger charge is 2.28. The van der Waals surface area contributed by atoms with Crippen LogP contribution < -0.4 is 20.5 Å². The van der Waals surface area contributed by atoms with E-state index in [9.17, 15) is 9.59 Å². The highest BCUT2D eigenvalue weighted by Crippen LogP contribution is 2.35. The van der Waals surface area contributed by atoms with E-state index in [4.69, 9.17) is 4.74 Å². The third-order valence-corrected chi connectivity index (χ3v) is 6.26. The summed E-state index contributed by atoms with van der Waals surface area (Å²) in [6.45, 7) is 3.78. The Hall–Kier alpha value is -4.65. The summed E-state index contributed by atoms with van der Waals surface area (Å²) in [7, 11) is 1.57. The summed E-state index contributed by atoms with van der Waals surface area (Å²) < 4.78 is 5.62. The summed E-state index contributed by atoms with van der Waals surface area (Å²) in [4.78, 5) is 35.9. The number of aryl methyl sites for hydroxylation is 1. The third kappa shape index (κ3) is 4.27. The lowest BCUT2D eigenvalue weighted by Gasteiger charge is -2.30. The molecule has 5 aromatic rings. The topological polar surface area (TPSA) is 87.3 Å². The van der Waals surface area contributed by atoms with E-state index < -0.39 is 6.04 Å². The molecule has 2 N–H and O–H groups in total. The van der Waals surface area contributed by atoms with E-state index in [2.05, 4.69) is 15.3 Å². The number of hydrogen-bond donors (Lipinski definition) is 2. The number of nitrogens with one attached hydrogen (secondary N) is 2. The molecular weight excluding hydrogens is 452 g/mol. The van der Waals surface area contributed by atoms with Crippen LogP contribution in [0.2, 0.25) is 0 Å². The number of ether oxygens (including phenoxy) is 1. The lowest BCUT2D eigenvalue weighted by Crippen LogP contribution is -2.38. The zero-order valence-corrected chi connectivity index (χ0v) is 20.3. The van der Waals surface area contributed by atoms with Gasteiger partial charge < -0.3 is 15.0 Å². The predicted molar refractivity (Wildman–Crippen MR) is 144 cm³/mol. The molecule has 7 heteroatoms. The first-order valence-corrected chi connectivity index (χ1v) is 11.7. The average molecular weight is 479 g/mol. The normalized spacial score (nSPS) is 11.9. The van der Waals surface area contributed by atoms with Gasteiger partial charge in [-0.15, -0.1) is 0 Å². The highest BCUT2D eigenvalue weighted by atomic mass is 16.5. The zero-order chi connectivity index (χ0) is 25.2. The van der Waals surface area contributed by atoms with E-state index in [0.29, 0.717) is 33.9 Å². The second-order valence-corrected chi connectivity index (χ2v) is 8.65. The van der Waals surface area contributed by atoms with Crippen molar-refractivity contribution in [2.45, 2.75) is 19.9 Å². The SMILES string of the molecule is COc1ccc(C)cc1N(C(=O)Nc1cccc2ccccc12)C(C)c1nc2ccccc2c(=O)[nH]1. The molecule has 1 aromatic heterocycles. The number of amides is 2. The molecule has 36 heavy (non-hydrogen) atoms. The number of fused-ring (bicyclic) bond motifs is 2. The maximum absolute atomic E-state index is 13.9. The molecule has 0 aliphatic heterocycles. The largest absolute Gasteiger partial charge is 0.495 e. The van der Waals surface area contributed by atoms with Crippen molar-refractivity contribution in [3.05, 3.63) is 107 Å². The van der Waals surface area contributed by atoms with E-state index in [0.717, 1.165) is 16.3 Å². The van der Waals surface area contributed by atoms with Gasteiger partial charge in [0.1, 0.15) is 11.6 Å². The molecule has 1 unspecified atom stereocenters. The fourth-order valence-corrected chi connectivity index (χ4v) is 4.42. The van der Waals surface area contributed by atoms with Crippen LogP contribution in [0.1, 0.15) is 24.4 Å². The van der Waals surface area contributed by atoms with E-state index in [1.807, 2.05) is 80.6 Å². The number of methoxy groups -OCH3 is 1. The van der Waals surface area contributed by atoms with Crippen molar-refractivity contribution in [1.82, 2.24) is 9.97 Å². The van der Waals surface area contributed by atoms with Gasteiger partial charge in [-0.2, -0.15) is 0 Å². The first-order valence-electron chi connectivity index (χ1n) is 11.7. The minimum absolute atomic E-state index is 0.256. The van der Waals surface area contributed by atoms with E-state index in [1.165, 1.54) is 0 Å². The number of hydrogen-bond acceptors (Lipinski definition) is 4. The van der Waals surface area contributed by atoms with Crippen LogP contribution in [-0.2, 0) is 0 Å². The number of rotatable bonds is 5. The number of para-hydroxylation sites is 1. The summed E-state index contributed by atoms with van der Waals surface area (Å²) in [6.07, 6.45) is 0. The van der Waals surface area contributed by atoms with Crippen LogP contribution >= 0.6 is 0 Å². The molecule has 0 radical (unpaired) electrons. The van der Waals surface area contributed by atoms with Crippen molar-refractivity contribution in [2.24, 2.45) is 0 Å². The number of benzene rings is 4. The molecule has 0 aliphatic carbocycles. The second-order valence-electron chi connectivity index (χ2n) is 8.65. The summed E-state index contributed by atoms with van der Waals surface area (Å²) in [5.41, 5.74) is 2.52. The first-order chi connectivity index (χ1) is 17.5. The van der Waals surface area contributed by atoms with Crippen molar-refractivity contribution in [3.63, 3.8) is 0 Å². The maximum Gasteiger partial charge on any atom is 0.327 e. The Kier molecular flexibility index (Phi) is 6.12. The molecule has 1 heterocycles. The first kappa shape index (κ1) is 23.1. The maximum atomic E-state index is 13.9. The van der Waals surface area contributed by atoms with Crippen molar-refractivity contribution in [2.75, 3.05) is 17.3 Å². The Morgan fingerprint density at radius 3 is 2.50 bits per heavy atom. The number of nitrogens with zero attached hydrogens (tertiary/aromatic N) is 2. The van der Waals surface area contributed by atoms with Crippen LogP contribution in [0.15, 0.2) is 89.7 Å². The third-order valence-electron chi connectivity index (χ3n) is 6.26. The monoisotopic (exact) mass is 478 g/mol. The Morgan fingerprint density at radius 2 is 1.69 bits per heavy atom. The number of urea groups is 1. The summed E-state index contributed by atoms with van der Waals surface area (Å²) >= 11 is 0. The molecule has 4 aromatic carbocycles. The van der Waals surface area contributed by atoms with Gasteiger partial charge in [-0.1, -0.05) is 54.6 Å². The minimum atomic E-state index is -0.618. The van der Waals surface area contributed by atoms with Gasteiger partial charge >= 0.3 is 6.03 Å². The van der Waals surface area contributed by atoms with Crippen molar-refractivity contribution < 1.29 is 9.53 Å². The summed E-state index contributed by atoms with van der Waals surface area (Å²) in [5, 5.41) is 5.50. The van der Waals surface area contributed by atoms with Gasteiger partial charge in [0.05, 0.1) is 35.4 Å². The number of carbonyl (C=O) groups is 1. The molecule has 0 fully saturated rings. The van der Waals surface area contributed by atoms with Crippen LogP contribution in [0, 0.1) is 6.92 Å². The lowest BCUT2D eigenvalue weighted by molar-refractivity contribution is 0.254. The fourth-order valence-electron chi connectivity index (χ4n) is 4.42. The summed E-state index contributed by atoms with van der Waals surface area (Å²) in [5.74, 6) is 0.902. The molecule has 7 nitrogen and oxygen atoms in total. The molecule has 0 saturated carbocycles. The quantitative estimate of drug-likeness (QED) is 0.315. The smallest absolute Gasteiger partial charge is 0.327 e. The zero-order valence-electron chi connectivity index (χ0n) is 20.3. The Bertz CT molecular complexity index is 1640. The molecule has 0 spiro atoms. The van der Waals surface area contributed by atoms with Crippen molar-refractivity contribution in [1.29, 1.82) is 0 Å². The van der Waals surface area contributed by atoms with Crippen LogP contribution in [0.3, 0.4) is 0 Å². The Morgan fingerprint density at radius 1 is 0.972 bits per heavy atom. The summed E-state index contributed by atoms with van der Waals surface area (Å²) in [6, 6.07) is 25.4. The van der Waals surface area contributed by atoms with Crippen molar-refractivity contribution >= 4 is 39.1 Å². The van der Waals surface area contributed by atoms with Gasteiger partial charge in [-0.25, -0.2) is 9.78 Å². The predicted octanol–water partition coefficient (Wildman–Crippen LogP) is 6.19. The lowest BCUT2D eigenvalue weighted by atomic mass is 10.1. The average Bonchev–Trinajstić information content (AvgIpc) is 2.89. The van der Waals surface area contributed by atoms with Gasteiger partial charge in [0.2, 0.25) is 0 Å². The molecule has 0 saturated heterocycles. The fraction of sp³-hybridized carbons (Fsp3) is 0.138. The molecular formula is C29H26N4O3. The number of carbonyl (C=O) groups excluding carboxylic acids is 1. The van der Waals surface area contributed by atoms with Gasteiger partial charge in [0, 0.05) is 5.39 Å². The van der Waals surface area contributed by atoms with E-state index in [1.54, 1.807) is 30.2 Å². The second kappa shape index (κ2) is 9.54. The van der Waals surface area contributed by atoms with Crippen LogP contribution in [-0.4, -0.2) is 23.1 Å². The molecule has 1 atom stereocenters. The molecule has 0 bridgehead atoms. The molecule has 2 amide bonds. The molecule has 0 aliphatic rings. The van der Waals surface area contributed by atoms with Crippen molar-refractivity contribution in [3.8, 4) is 5.75 Å². The number of aromatic amines is 1. The van der Waals surface area contributed by atoms with Crippen LogP contribution in [0.5, 0.6) is 5.75 Å². The van der Waals surface area contributed by atoms with Crippen LogP contribution in [0.4, 0.5) is 16.2 Å². The Balaban J connectivity index is 1.63. The molecule has 180 valence electrons. The van der Waals surface area contributed by atoms with E-state index >= 15 is 0 Å². The molecule has 5 rings (SSSR count). The van der Waals surface area contributed by atoms with Gasteiger partial charge in [-0.3, -0.25) is 9.69 Å².